The minimum atomic E-state index is -0.844. The highest BCUT2D eigenvalue weighted by Crippen LogP contribution is 2.43. The molecule has 0 amide bonds. The van der Waals surface area contributed by atoms with E-state index in [1.165, 1.54) is 40.8 Å². The fraction of sp³-hybridized carbons (Fsp3) is 0.600. The fourth-order valence-corrected chi connectivity index (χ4v) is 7.90. The van der Waals surface area contributed by atoms with Crippen LogP contribution < -0.4 is 5.73 Å². The van der Waals surface area contributed by atoms with Gasteiger partial charge >= 0.3 is 0 Å². The summed E-state index contributed by atoms with van der Waals surface area (Å²) in [6, 6.07) is 7.58. The maximum absolute atomic E-state index is 10.3. The number of nitroso groups, excluding NO2 is 1. The minimum Gasteiger partial charge on any atom is -0.390 e. The Bertz CT molecular complexity index is 1200. The number of aliphatic hydroxyl groups excluding tert-OH is 2. The van der Waals surface area contributed by atoms with Gasteiger partial charge in [-0.25, -0.2) is 0 Å². The number of hydrogen-bond acceptors (Lipinski definition) is 6. The highest BCUT2D eigenvalue weighted by atomic mass is 35.5. The summed E-state index contributed by atoms with van der Waals surface area (Å²) in [6.07, 6.45) is 16.4. The molecule has 0 bridgehead atoms. The third-order valence-corrected chi connectivity index (χ3v) is 11.0. The third kappa shape index (κ3) is 9.09. The molecule has 0 spiro atoms. The zero-order valence-corrected chi connectivity index (χ0v) is 27.4. The first-order valence-corrected chi connectivity index (χ1v) is 16.9. The van der Waals surface area contributed by atoms with Crippen LogP contribution in [0.3, 0.4) is 0 Å². The lowest BCUT2D eigenvalue weighted by molar-refractivity contribution is -0.0428. The molecule has 4 N–H and O–H groups in total. The summed E-state index contributed by atoms with van der Waals surface area (Å²) in [7, 11) is 0. The van der Waals surface area contributed by atoms with Crippen LogP contribution in [0, 0.1) is 34.5 Å². The van der Waals surface area contributed by atoms with Gasteiger partial charge in [0.2, 0.25) is 0 Å². The maximum Gasteiger partial charge on any atom is 0.144 e. The molecular weight excluding hydrogens is 564 g/mol. The van der Waals surface area contributed by atoms with Gasteiger partial charge in [0.25, 0.3) is 0 Å². The van der Waals surface area contributed by atoms with Gasteiger partial charge in [0.05, 0.1) is 17.2 Å². The summed E-state index contributed by atoms with van der Waals surface area (Å²) in [5.41, 5.74) is 7.86. The number of allylic oxidation sites excluding steroid dienone is 4. The molecule has 7 heteroatoms. The van der Waals surface area contributed by atoms with Crippen LogP contribution in [0.1, 0.15) is 77.5 Å². The summed E-state index contributed by atoms with van der Waals surface area (Å²) < 4.78 is 1.26. The van der Waals surface area contributed by atoms with E-state index in [0.29, 0.717) is 17.8 Å². The van der Waals surface area contributed by atoms with Crippen molar-refractivity contribution in [3.05, 3.63) is 75.5 Å². The maximum atomic E-state index is 10.3. The predicted molar refractivity (Wildman–Crippen MR) is 180 cm³/mol. The Hall–Kier alpha value is -1.83. The van der Waals surface area contributed by atoms with Gasteiger partial charge in [-0.2, -0.15) is 4.91 Å². The van der Waals surface area contributed by atoms with Crippen LogP contribution in [-0.4, -0.2) is 34.5 Å². The summed E-state index contributed by atoms with van der Waals surface area (Å²) in [5, 5.41) is 23.8. The Labute approximate surface area is 261 Å². The Morgan fingerprint density at radius 3 is 2.48 bits per heavy atom. The lowest BCUT2D eigenvalue weighted by Gasteiger charge is -2.36. The number of thiophene rings is 1. The summed E-state index contributed by atoms with van der Waals surface area (Å²) in [4.78, 5) is 11.6. The topological polar surface area (TPSA) is 95.9 Å². The Morgan fingerprint density at radius 1 is 1.14 bits per heavy atom. The van der Waals surface area contributed by atoms with Crippen molar-refractivity contribution in [2.45, 2.75) is 103 Å². The lowest BCUT2D eigenvalue weighted by atomic mass is 9.76. The van der Waals surface area contributed by atoms with Crippen molar-refractivity contribution in [2.24, 2.45) is 40.5 Å². The van der Waals surface area contributed by atoms with Crippen molar-refractivity contribution >= 4 is 33.0 Å². The van der Waals surface area contributed by atoms with Crippen molar-refractivity contribution in [1.82, 2.24) is 0 Å². The van der Waals surface area contributed by atoms with Crippen LogP contribution in [0.25, 0.3) is 10.1 Å². The van der Waals surface area contributed by atoms with Gasteiger partial charge in [0, 0.05) is 21.0 Å². The Balaban J connectivity index is 0.000000337. The van der Waals surface area contributed by atoms with E-state index in [-0.39, 0.29) is 17.9 Å². The second kappa shape index (κ2) is 16.9. The van der Waals surface area contributed by atoms with E-state index in [2.05, 4.69) is 68.1 Å². The van der Waals surface area contributed by atoms with Crippen molar-refractivity contribution in [2.75, 3.05) is 0 Å². The fourth-order valence-electron chi connectivity index (χ4n) is 6.36. The van der Waals surface area contributed by atoms with E-state index in [9.17, 15) is 15.1 Å². The molecule has 0 radical (unpaired) electrons. The monoisotopic (exact) mass is 614 g/mol. The molecule has 0 saturated heterocycles. The molecule has 1 aromatic carbocycles. The first kappa shape index (κ1) is 34.7. The van der Waals surface area contributed by atoms with Crippen LogP contribution in [0.5, 0.6) is 0 Å². The van der Waals surface area contributed by atoms with Gasteiger partial charge in [-0.3, -0.25) is 0 Å². The molecule has 1 aromatic heterocycles. The van der Waals surface area contributed by atoms with Gasteiger partial charge in [0.15, 0.2) is 0 Å². The smallest absolute Gasteiger partial charge is 0.144 e. The highest BCUT2D eigenvalue weighted by molar-refractivity contribution is 7.19. The molecule has 9 atom stereocenters. The molecule has 2 saturated carbocycles. The number of aliphatic hydroxyl groups is 2. The second-order valence-corrected chi connectivity index (χ2v) is 14.0. The van der Waals surface area contributed by atoms with Crippen molar-refractivity contribution in [3.8, 4) is 0 Å². The van der Waals surface area contributed by atoms with E-state index in [1.807, 2.05) is 19.9 Å². The van der Waals surface area contributed by atoms with Crippen molar-refractivity contribution < 1.29 is 10.2 Å². The number of rotatable bonds is 11. The molecule has 1 heterocycles. The molecule has 0 aliphatic heterocycles. The number of halogens is 1. The normalized spacial score (nSPS) is 30.6. The van der Waals surface area contributed by atoms with Gasteiger partial charge < -0.3 is 15.9 Å². The molecule has 232 valence electrons. The lowest BCUT2D eigenvalue weighted by Crippen LogP contribution is -2.48. The quantitative estimate of drug-likeness (QED) is 0.134. The van der Waals surface area contributed by atoms with E-state index in [0.717, 1.165) is 36.1 Å². The summed E-state index contributed by atoms with van der Waals surface area (Å²) >= 11 is 8.38. The van der Waals surface area contributed by atoms with Crippen molar-refractivity contribution in [3.63, 3.8) is 0 Å². The van der Waals surface area contributed by atoms with Gasteiger partial charge in [0.1, 0.15) is 6.04 Å². The van der Waals surface area contributed by atoms with Crippen LogP contribution in [0.4, 0.5) is 0 Å². The average Bonchev–Trinajstić information content (AvgIpc) is 3.44. The van der Waals surface area contributed by atoms with Crippen molar-refractivity contribution in [1.29, 1.82) is 0 Å². The zero-order valence-electron chi connectivity index (χ0n) is 25.8. The molecular formula is C35H51ClN2O3S. The van der Waals surface area contributed by atoms with E-state index < -0.39 is 18.2 Å². The summed E-state index contributed by atoms with van der Waals surface area (Å²) in [6.45, 7) is 12.7. The van der Waals surface area contributed by atoms with Gasteiger partial charge in [-0.15, -0.1) is 11.3 Å². The van der Waals surface area contributed by atoms with E-state index in [4.69, 9.17) is 17.3 Å². The molecule has 2 aliphatic carbocycles. The number of unbranched alkanes of at least 4 members (excludes halogenated alkanes) is 2. The van der Waals surface area contributed by atoms with Crippen LogP contribution >= 0.6 is 22.9 Å². The first-order chi connectivity index (χ1) is 20.1. The van der Waals surface area contributed by atoms with Crippen LogP contribution in [0.15, 0.2) is 65.9 Å². The van der Waals surface area contributed by atoms with Crippen LogP contribution in [-0.2, 0) is 6.42 Å². The SMILES string of the molecule is C=C1C(C)CC(/C=C/C(N)CCc2sc3ccccc3c2Cl)[C@H]1C/C=C\CCCC.CC1C[C@H](C)C(O)C(N=O)C1O. The molecule has 4 rings (SSSR count). The molecule has 42 heavy (non-hydrogen) atoms. The standard InChI is InChI=1S/C27H36ClNS.C8H15NO3/c1-4-5-6-7-8-11-23-20(3)19(2)18-21(23)14-15-22(29)16-17-26-27(28)24-12-9-10-13-25(24)30-26;1-4-3-5(2)8(11)6(9-12)7(4)10/h7-10,12-15,19,21-23H,3-6,11,16-18,29H2,1-2H3;4-8,10-11H,3H2,1-2H3/b8-7-,15-14+;/t19?,21?,22?,23-;4-,5?,6?,7?,8?/m00/s1. The van der Waals surface area contributed by atoms with E-state index in [1.54, 1.807) is 11.3 Å². The number of nitrogens with two attached hydrogens (primary N) is 1. The average molecular weight is 615 g/mol. The van der Waals surface area contributed by atoms with E-state index >= 15 is 0 Å². The zero-order chi connectivity index (χ0) is 30.8. The Kier molecular flexibility index (Phi) is 13.9. The molecule has 7 unspecified atom stereocenters. The number of benzene rings is 1. The highest BCUT2D eigenvalue weighted by Gasteiger charge is 2.40. The number of hydrogen-bond donors (Lipinski definition) is 3. The third-order valence-electron chi connectivity index (χ3n) is 9.18. The Morgan fingerprint density at radius 2 is 1.83 bits per heavy atom. The molecule has 2 aromatic rings. The molecule has 5 nitrogen and oxygen atoms in total. The first-order valence-electron chi connectivity index (χ1n) is 15.7. The second-order valence-electron chi connectivity index (χ2n) is 12.5. The molecule has 2 aliphatic rings. The summed E-state index contributed by atoms with van der Waals surface area (Å²) in [5.74, 6) is 1.81. The largest absolute Gasteiger partial charge is 0.390 e. The molecule has 2 fully saturated rings. The minimum absolute atomic E-state index is 0.0473. The van der Waals surface area contributed by atoms with Gasteiger partial charge in [-0.1, -0.05) is 112 Å². The van der Waals surface area contributed by atoms with Crippen LogP contribution in [0.2, 0.25) is 5.02 Å². The number of fused-ring (bicyclic) bond motifs is 1. The van der Waals surface area contributed by atoms with Gasteiger partial charge in [-0.05, 0) is 74.2 Å². The number of nitrogens with zero attached hydrogens (tertiary/aromatic N) is 1. The predicted octanol–water partition coefficient (Wildman–Crippen LogP) is 8.85. The number of aryl methyl sites for hydroxylation is 1.